The molecule has 0 saturated carbocycles. The minimum absolute atomic E-state index is 0.336. The smallest absolute Gasteiger partial charge is 0.148 e. The molecule has 1 atom stereocenters. The van der Waals surface area contributed by atoms with Gasteiger partial charge in [0.05, 0.1) is 18.2 Å². The second kappa shape index (κ2) is 9.41. The summed E-state index contributed by atoms with van der Waals surface area (Å²) in [5.74, 6) is 2.04. The number of hydrogen-bond acceptors (Lipinski definition) is 5. The van der Waals surface area contributed by atoms with Crippen LogP contribution >= 0.6 is 11.6 Å². The van der Waals surface area contributed by atoms with E-state index in [4.69, 9.17) is 20.8 Å². The Hall–Kier alpha value is -2.08. The van der Waals surface area contributed by atoms with Crippen molar-refractivity contribution in [1.82, 2.24) is 9.88 Å². The van der Waals surface area contributed by atoms with E-state index in [0.717, 1.165) is 35.1 Å². The van der Waals surface area contributed by atoms with E-state index < -0.39 is 6.10 Å². The number of benzene rings is 1. The fraction of sp³-hybridized carbons (Fsp3) is 0.409. The maximum Gasteiger partial charge on any atom is 0.148 e. The molecule has 0 radical (unpaired) electrons. The van der Waals surface area contributed by atoms with Crippen molar-refractivity contribution < 1.29 is 14.3 Å². The van der Waals surface area contributed by atoms with Crippen LogP contribution in [0.2, 0.25) is 5.02 Å². The molecule has 3 rings (SSSR count). The Morgan fingerprint density at radius 1 is 1.29 bits per heavy atom. The molecule has 1 unspecified atom stereocenters. The Labute approximate surface area is 170 Å². The van der Waals surface area contributed by atoms with Gasteiger partial charge in [-0.1, -0.05) is 24.9 Å². The van der Waals surface area contributed by atoms with E-state index in [0.29, 0.717) is 36.1 Å². The first kappa shape index (κ1) is 20.6. The molecule has 0 amide bonds. The Kier molecular flexibility index (Phi) is 6.94. The normalized spacial score (nSPS) is 12.6. The van der Waals surface area contributed by atoms with Crippen LogP contribution in [0.4, 0.5) is 0 Å². The molecule has 0 aliphatic heterocycles. The molecule has 5 nitrogen and oxygen atoms in total. The number of unbranched alkanes of at least 4 members (excludes halogenated alkanes) is 1. The number of rotatable bonds is 9. The second-order valence-electron chi connectivity index (χ2n) is 7.21. The zero-order valence-electron chi connectivity index (χ0n) is 16.6. The summed E-state index contributed by atoms with van der Waals surface area (Å²) in [4.78, 5) is 6.50. The van der Waals surface area contributed by atoms with E-state index >= 15 is 0 Å². The van der Waals surface area contributed by atoms with Crippen LogP contribution in [0.5, 0.6) is 5.75 Å². The summed E-state index contributed by atoms with van der Waals surface area (Å²) in [6, 6.07) is 9.36. The van der Waals surface area contributed by atoms with Crippen LogP contribution in [0.15, 0.2) is 40.9 Å². The largest absolute Gasteiger partial charge is 0.491 e. The molecule has 3 aromatic rings. The third-order valence-electron chi connectivity index (χ3n) is 4.51. The molecular formula is C22H27ClN2O3. The lowest BCUT2D eigenvalue weighted by Crippen LogP contribution is -2.10. The third kappa shape index (κ3) is 4.85. The van der Waals surface area contributed by atoms with E-state index in [1.165, 1.54) is 0 Å². The van der Waals surface area contributed by atoms with Gasteiger partial charge < -0.3 is 19.2 Å². The van der Waals surface area contributed by atoms with Gasteiger partial charge in [0.25, 0.3) is 0 Å². The van der Waals surface area contributed by atoms with Crippen molar-refractivity contribution >= 4 is 22.5 Å². The Morgan fingerprint density at radius 3 is 2.86 bits per heavy atom. The molecule has 1 aromatic carbocycles. The fourth-order valence-electron chi connectivity index (χ4n) is 3.14. The van der Waals surface area contributed by atoms with Crippen LogP contribution in [0, 0.1) is 0 Å². The summed E-state index contributed by atoms with van der Waals surface area (Å²) >= 11 is 6.48. The molecule has 0 fully saturated rings. The number of furan rings is 1. The van der Waals surface area contributed by atoms with Crippen molar-refractivity contribution in [1.29, 1.82) is 0 Å². The fourth-order valence-corrected chi connectivity index (χ4v) is 3.42. The lowest BCUT2D eigenvalue weighted by atomic mass is 10.0. The lowest BCUT2D eigenvalue weighted by Gasteiger charge is -2.16. The number of nitrogens with zero attached hydrogens (tertiary/aromatic N) is 2. The number of ether oxygens (including phenoxy) is 1. The molecule has 0 aliphatic carbocycles. The van der Waals surface area contributed by atoms with Gasteiger partial charge in [0.15, 0.2) is 0 Å². The Balaban J connectivity index is 1.90. The molecule has 0 spiro atoms. The molecule has 1 N–H and O–H groups in total. The Morgan fingerprint density at radius 2 is 2.11 bits per heavy atom. The minimum Gasteiger partial charge on any atom is -0.491 e. The van der Waals surface area contributed by atoms with Crippen molar-refractivity contribution in [2.24, 2.45) is 0 Å². The first-order valence-electron chi connectivity index (χ1n) is 9.60. The number of aliphatic hydroxyl groups excluding tert-OH is 1. The molecule has 6 heteroatoms. The van der Waals surface area contributed by atoms with Crippen molar-refractivity contribution in [2.45, 2.75) is 38.8 Å². The topological polar surface area (TPSA) is 58.7 Å². The van der Waals surface area contributed by atoms with Gasteiger partial charge in [-0.2, -0.15) is 0 Å². The molecule has 0 saturated heterocycles. The first-order chi connectivity index (χ1) is 13.5. The van der Waals surface area contributed by atoms with Gasteiger partial charge in [0.2, 0.25) is 0 Å². The monoisotopic (exact) mass is 402 g/mol. The Bertz CT molecular complexity index is 923. The number of fused-ring (bicyclic) bond motifs is 1. The molecule has 2 heterocycles. The average Bonchev–Trinajstić information content (AvgIpc) is 3.12. The molecule has 0 bridgehead atoms. The van der Waals surface area contributed by atoms with Crippen molar-refractivity contribution in [3.63, 3.8) is 0 Å². The van der Waals surface area contributed by atoms with Gasteiger partial charge in [-0.15, -0.1) is 0 Å². The highest BCUT2D eigenvalue weighted by Gasteiger charge is 2.20. The highest BCUT2D eigenvalue weighted by atomic mass is 35.5. The van der Waals surface area contributed by atoms with Crippen molar-refractivity contribution in [3.05, 3.63) is 58.6 Å². The maximum absolute atomic E-state index is 10.8. The SMILES string of the molecule is CCCCOc1c(CC(O)c2ccc(CN(C)C)o2)cc(Cl)c2cccnc12. The minimum atomic E-state index is -0.790. The lowest BCUT2D eigenvalue weighted by molar-refractivity contribution is 0.145. The standard InChI is InChI=1S/C22H27ClN2O3/c1-4-5-11-27-22-15(12-18(23)17-7-6-10-24-21(17)22)13-19(26)20-9-8-16(28-20)14-25(2)3/h6-10,12,19,26H,4-5,11,13-14H2,1-3H3. The highest BCUT2D eigenvalue weighted by molar-refractivity contribution is 6.35. The summed E-state index contributed by atoms with van der Waals surface area (Å²) in [6.45, 7) is 3.40. The second-order valence-corrected chi connectivity index (χ2v) is 7.62. The van der Waals surface area contributed by atoms with Gasteiger partial charge >= 0.3 is 0 Å². The summed E-state index contributed by atoms with van der Waals surface area (Å²) in [5.41, 5.74) is 1.55. The van der Waals surface area contributed by atoms with Crippen LogP contribution in [0.1, 0.15) is 43.0 Å². The van der Waals surface area contributed by atoms with E-state index in [1.807, 2.05) is 49.3 Å². The number of aliphatic hydroxyl groups is 1. The number of halogens is 1. The number of hydrogen-bond donors (Lipinski definition) is 1. The van der Waals surface area contributed by atoms with E-state index in [9.17, 15) is 5.11 Å². The number of pyridine rings is 1. The predicted molar refractivity (Wildman–Crippen MR) is 112 cm³/mol. The summed E-state index contributed by atoms with van der Waals surface area (Å²) in [7, 11) is 3.95. The first-order valence-corrected chi connectivity index (χ1v) is 9.97. The van der Waals surface area contributed by atoms with Crippen LogP contribution in [-0.4, -0.2) is 35.7 Å². The van der Waals surface area contributed by atoms with Gasteiger partial charge in [-0.25, -0.2) is 0 Å². The third-order valence-corrected chi connectivity index (χ3v) is 4.83. The molecule has 0 aliphatic rings. The summed E-state index contributed by atoms with van der Waals surface area (Å²) in [5, 5.41) is 12.2. The molecule has 150 valence electrons. The quantitative estimate of drug-likeness (QED) is 0.510. The van der Waals surface area contributed by atoms with E-state index in [2.05, 4.69) is 11.9 Å². The maximum atomic E-state index is 10.8. The van der Waals surface area contributed by atoms with E-state index in [-0.39, 0.29) is 0 Å². The van der Waals surface area contributed by atoms with Gasteiger partial charge in [-0.05, 0) is 50.8 Å². The van der Waals surface area contributed by atoms with Crippen LogP contribution in [0.3, 0.4) is 0 Å². The van der Waals surface area contributed by atoms with Crippen molar-refractivity contribution in [2.75, 3.05) is 20.7 Å². The van der Waals surface area contributed by atoms with Gasteiger partial charge in [0.1, 0.15) is 28.9 Å². The van der Waals surface area contributed by atoms with E-state index in [1.54, 1.807) is 6.20 Å². The van der Waals surface area contributed by atoms with Gasteiger partial charge in [0, 0.05) is 23.6 Å². The predicted octanol–water partition coefficient (Wildman–Crippen LogP) is 5.00. The van der Waals surface area contributed by atoms with Crippen LogP contribution < -0.4 is 4.74 Å². The van der Waals surface area contributed by atoms with Crippen LogP contribution in [-0.2, 0) is 13.0 Å². The molecule has 2 aromatic heterocycles. The highest BCUT2D eigenvalue weighted by Crippen LogP contribution is 2.36. The van der Waals surface area contributed by atoms with Crippen molar-refractivity contribution in [3.8, 4) is 5.75 Å². The van der Waals surface area contributed by atoms with Gasteiger partial charge in [-0.3, -0.25) is 4.98 Å². The zero-order valence-corrected chi connectivity index (χ0v) is 17.4. The summed E-state index contributed by atoms with van der Waals surface area (Å²) in [6.07, 6.45) is 3.26. The van der Waals surface area contributed by atoms with Crippen LogP contribution in [0.25, 0.3) is 10.9 Å². The summed E-state index contributed by atoms with van der Waals surface area (Å²) < 4.78 is 11.9. The molecular weight excluding hydrogens is 376 g/mol. The zero-order chi connectivity index (χ0) is 20.1. The number of aromatic nitrogens is 1. The molecule has 28 heavy (non-hydrogen) atoms. The average molecular weight is 403 g/mol.